The molecule has 0 heterocycles. The van der Waals surface area contributed by atoms with Crippen LogP contribution in [0.5, 0.6) is 0 Å². The zero-order valence-corrected chi connectivity index (χ0v) is 13.3. The summed E-state index contributed by atoms with van der Waals surface area (Å²) >= 11 is 0. The molecule has 0 aromatic heterocycles. The second-order valence-corrected chi connectivity index (χ2v) is 8.08. The molecule has 2 rings (SSSR count). The molecule has 0 aliphatic carbocycles. The lowest BCUT2D eigenvalue weighted by molar-refractivity contribution is 0.845. The molecule has 0 amide bonds. The minimum atomic E-state index is -0.372. The number of fused-ring (bicyclic) bond motifs is 1. The van der Waals surface area contributed by atoms with Crippen LogP contribution in [0.15, 0.2) is 42.5 Å². The van der Waals surface area contributed by atoms with Crippen LogP contribution in [0.1, 0.15) is 39.5 Å². The summed E-state index contributed by atoms with van der Waals surface area (Å²) in [6.07, 6.45) is 5.43. The topological polar surface area (TPSA) is 0 Å². The molecule has 0 spiro atoms. The molecule has 0 atom stereocenters. The van der Waals surface area contributed by atoms with E-state index < -0.39 is 0 Å². The lowest BCUT2D eigenvalue weighted by Crippen LogP contribution is -2.30. The highest BCUT2D eigenvalue weighted by atomic mass is 28.3. The molecule has 0 saturated heterocycles. The first-order valence-corrected chi connectivity index (χ1v) is 9.61. The Kier molecular flexibility index (Phi) is 5.65. The minimum Gasteiger partial charge on any atom is -0.0654 e. The van der Waals surface area contributed by atoms with Gasteiger partial charge in [-0.2, -0.15) is 0 Å². The Morgan fingerprint density at radius 2 is 1.42 bits per heavy atom. The van der Waals surface area contributed by atoms with E-state index in [2.05, 4.69) is 56.3 Å². The summed E-state index contributed by atoms with van der Waals surface area (Å²) in [5, 5.41) is 4.59. The molecule has 2 aromatic carbocycles. The minimum absolute atomic E-state index is 0.372. The Morgan fingerprint density at radius 1 is 0.789 bits per heavy atom. The average molecular weight is 269 g/mol. The number of rotatable bonds is 7. The van der Waals surface area contributed by atoms with Crippen molar-refractivity contribution < 1.29 is 0 Å². The summed E-state index contributed by atoms with van der Waals surface area (Å²) in [6.45, 7) is 4.62. The van der Waals surface area contributed by atoms with Crippen LogP contribution in [-0.2, 0) is 0 Å². The van der Waals surface area contributed by atoms with Crippen LogP contribution in [0, 0.1) is 0 Å². The Balaban J connectivity index is 2.31. The van der Waals surface area contributed by atoms with Gasteiger partial charge in [-0.15, -0.1) is 0 Å². The molecule has 0 fully saturated rings. The second kappa shape index (κ2) is 7.49. The highest BCUT2D eigenvalue weighted by molar-refractivity contribution is 6.75. The number of hydrogen-bond acceptors (Lipinski definition) is 0. The van der Waals surface area contributed by atoms with E-state index in [0.717, 1.165) is 0 Å². The molecule has 0 nitrogen and oxygen atoms in total. The Bertz CT molecular complexity index is 491. The van der Waals surface area contributed by atoms with E-state index in [4.69, 9.17) is 0 Å². The van der Waals surface area contributed by atoms with E-state index in [9.17, 15) is 0 Å². The van der Waals surface area contributed by atoms with Gasteiger partial charge in [0.2, 0.25) is 0 Å². The largest absolute Gasteiger partial charge is 0.0864 e. The zero-order valence-electron chi connectivity index (χ0n) is 12.3. The van der Waals surface area contributed by atoms with Crippen molar-refractivity contribution in [1.29, 1.82) is 0 Å². The van der Waals surface area contributed by atoms with Gasteiger partial charge in [0.15, 0.2) is 0 Å². The molecule has 0 unspecified atom stereocenters. The van der Waals surface area contributed by atoms with Crippen molar-refractivity contribution in [3.63, 3.8) is 0 Å². The van der Waals surface area contributed by atoms with Gasteiger partial charge in [-0.25, -0.2) is 0 Å². The number of unbranched alkanes of at least 4 members (excludes halogenated alkanes) is 2. The number of hydrogen-bond donors (Lipinski definition) is 0. The highest BCUT2D eigenvalue weighted by Gasteiger charge is 2.15. The lowest BCUT2D eigenvalue weighted by Gasteiger charge is -2.17. The molecule has 101 valence electrons. The van der Waals surface area contributed by atoms with Crippen LogP contribution >= 0.6 is 0 Å². The van der Waals surface area contributed by atoms with E-state index in [0.29, 0.717) is 0 Å². The Hall–Kier alpha value is -1.08. The van der Waals surface area contributed by atoms with Gasteiger partial charge >= 0.3 is 0 Å². The average Bonchev–Trinajstić information content (AvgIpc) is 2.47. The molecular formula is C18H25Si. The van der Waals surface area contributed by atoms with Crippen LogP contribution in [0.25, 0.3) is 10.8 Å². The summed E-state index contributed by atoms with van der Waals surface area (Å²) < 4.78 is 0. The zero-order chi connectivity index (χ0) is 13.5. The van der Waals surface area contributed by atoms with Crippen LogP contribution < -0.4 is 5.19 Å². The van der Waals surface area contributed by atoms with Crippen molar-refractivity contribution in [2.75, 3.05) is 0 Å². The number of benzene rings is 2. The summed E-state index contributed by atoms with van der Waals surface area (Å²) in [7, 11) is -0.372. The van der Waals surface area contributed by atoms with Gasteiger partial charge in [-0.3, -0.25) is 0 Å². The molecular weight excluding hydrogens is 244 g/mol. The standard InChI is InChI=1S/C18H25Si/c1-3-5-14-19(15-6-4-2)18-13-9-11-16-10-7-8-12-17(16)18/h7-13H,3-6,14-15H2,1-2H3. The van der Waals surface area contributed by atoms with Crippen LogP contribution in [0.3, 0.4) is 0 Å². The van der Waals surface area contributed by atoms with E-state index >= 15 is 0 Å². The molecule has 0 N–H and O–H groups in total. The van der Waals surface area contributed by atoms with Gasteiger partial charge in [0, 0.05) is 0 Å². The lowest BCUT2D eigenvalue weighted by atomic mass is 10.1. The monoisotopic (exact) mass is 269 g/mol. The predicted octanol–water partition coefficient (Wildman–Crippen LogP) is 5.14. The molecule has 1 radical (unpaired) electrons. The van der Waals surface area contributed by atoms with Crippen LogP contribution in [-0.4, -0.2) is 8.80 Å². The Morgan fingerprint density at radius 3 is 2.11 bits per heavy atom. The van der Waals surface area contributed by atoms with E-state index in [1.165, 1.54) is 48.5 Å². The van der Waals surface area contributed by atoms with Gasteiger partial charge < -0.3 is 0 Å². The molecule has 1 heteroatoms. The molecule has 19 heavy (non-hydrogen) atoms. The van der Waals surface area contributed by atoms with E-state index in [1.807, 2.05) is 0 Å². The third-order valence-corrected chi connectivity index (χ3v) is 6.95. The summed E-state index contributed by atoms with van der Waals surface area (Å²) in [4.78, 5) is 0. The third-order valence-electron chi connectivity index (χ3n) is 3.83. The molecule has 0 aliphatic heterocycles. The predicted molar refractivity (Wildman–Crippen MR) is 88.8 cm³/mol. The van der Waals surface area contributed by atoms with Crippen molar-refractivity contribution in [1.82, 2.24) is 0 Å². The van der Waals surface area contributed by atoms with E-state index in [-0.39, 0.29) is 8.80 Å². The van der Waals surface area contributed by atoms with Crippen molar-refractivity contribution >= 4 is 24.8 Å². The van der Waals surface area contributed by atoms with Crippen LogP contribution in [0.2, 0.25) is 12.1 Å². The summed E-state index contributed by atoms with van der Waals surface area (Å²) in [6, 6.07) is 18.7. The van der Waals surface area contributed by atoms with Gasteiger partial charge in [0.25, 0.3) is 0 Å². The fraction of sp³-hybridized carbons (Fsp3) is 0.444. The highest BCUT2D eigenvalue weighted by Crippen LogP contribution is 2.17. The van der Waals surface area contributed by atoms with Gasteiger partial charge in [-0.05, 0) is 10.8 Å². The second-order valence-electron chi connectivity index (χ2n) is 5.34. The molecule has 0 aliphatic rings. The first-order valence-electron chi connectivity index (χ1n) is 7.69. The normalized spacial score (nSPS) is 11.3. The van der Waals surface area contributed by atoms with E-state index in [1.54, 1.807) is 5.19 Å². The van der Waals surface area contributed by atoms with Gasteiger partial charge in [-0.1, -0.05) is 99.3 Å². The van der Waals surface area contributed by atoms with Crippen molar-refractivity contribution in [2.45, 2.75) is 51.6 Å². The smallest absolute Gasteiger partial charge is 0.0654 e. The summed E-state index contributed by atoms with van der Waals surface area (Å²) in [5.74, 6) is 0. The third kappa shape index (κ3) is 3.70. The molecule has 2 aromatic rings. The fourth-order valence-corrected chi connectivity index (χ4v) is 6.00. The SMILES string of the molecule is CCCC[Si](CCCC)c1cccc2ccccc12. The first kappa shape index (κ1) is 14.3. The summed E-state index contributed by atoms with van der Waals surface area (Å²) in [5.41, 5.74) is 0. The maximum absolute atomic E-state index is 2.39. The van der Waals surface area contributed by atoms with Gasteiger partial charge in [0.05, 0.1) is 8.80 Å². The molecule has 0 bridgehead atoms. The van der Waals surface area contributed by atoms with Crippen LogP contribution in [0.4, 0.5) is 0 Å². The van der Waals surface area contributed by atoms with Crippen molar-refractivity contribution in [3.8, 4) is 0 Å². The fourth-order valence-electron chi connectivity index (χ4n) is 2.71. The Labute approximate surface area is 119 Å². The van der Waals surface area contributed by atoms with Crippen molar-refractivity contribution in [2.24, 2.45) is 0 Å². The van der Waals surface area contributed by atoms with Crippen molar-refractivity contribution in [3.05, 3.63) is 42.5 Å². The maximum Gasteiger partial charge on any atom is 0.0864 e. The molecule has 0 saturated carbocycles. The van der Waals surface area contributed by atoms with Gasteiger partial charge in [0.1, 0.15) is 0 Å². The quantitative estimate of drug-likeness (QED) is 0.610. The maximum atomic E-state index is 2.39. The first-order chi connectivity index (χ1) is 9.36.